The molecule has 0 saturated carbocycles. The summed E-state index contributed by atoms with van der Waals surface area (Å²) < 4.78 is 16.1. The molecule has 0 fully saturated rings. The van der Waals surface area contributed by atoms with Crippen molar-refractivity contribution < 1.29 is 18.8 Å². The number of ether oxygens (including phenoxy) is 2. The number of aliphatic imine (C=N–C) groups is 1. The molecule has 0 radical (unpaired) electrons. The third kappa shape index (κ3) is 3.78. The zero-order valence-corrected chi connectivity index (χ0v) is 18.7. The molecule has 1 amide bonds. The van der Waals surface area contributed by atoms with Crippen LogP contribution in [0.4, 0.5) is 5.69 Å². The number of carbonyl (C=O) groups excluding carboxylic acids is 1. The Bertz CT molecular complexity index is 1240. The molecular weight excluding hydrogens is 426 g/mol. The van der Waals surface area contributed by atoms with Crippen molar-refractivity contribution in [1.82, 2.24) is 5.16 Å². The number of amidine groups is 1. The van der Waals surface area contributed by atoms with Crippen molar-refractivity contribution in [2.45, 2.75) is 26.5 Å². The maximum absolute atomic E-state index is 13.4. The second-order valence-corrected chi connectivity index (χ2v) is 8.55. The van der Waals surface area contributed by atoms with E-state index in [1.165, 1.54) is 11.8 Å². The minimum Gasteiger partial charge on any atom is -0.454 e. The minimum atomic E-state index is -0.173. The first-order valence-electron chi connectivity index (χ1n) is 10.2. The fraction of sp³-hybridized carbons (Fsp3) is 0.208. The molecular formula is C24H21N3O4S. The van der Waals surface area contributed by atoms with E-state index in [4.69, 9.17) is 19.0 Å². The van der Waals surface area contributed by atoms with E-state index in [1.54, 1.807) is 11.0 Å². The molecule has 0 spiro atoms. The summed E-state index contributed by atoms with van der Waals surface area (Å²) in [5.41, 5.74) is 4.95. The number of carbonyl (C=O) groups is 1. The molecule has 8 heteroatoms. The predicted molar refractivity (Wildman–Crippen MR) is 124 cm³/mol. The Labute approximate surface area is 189 Å². The largest absolute Gasteiger partial charge is 0.454 e. The number of thioether (sulfide) groups is 1. The average molecular weight is 448 g/mol. The highest BCUT2D eigenvalue weighted by Crippen LogP contribution is 2.35. The highest BCUT2D eigenvalue weighted by atomic mass is 32.2. The van der Waals surface area contributed by atoms with Crippen molar-refractivity contribution in [2.24, 2.45) is 4.99 Å². The molecule has 7 nitrogen and oxygen atoms in total. The van der Waals surface area contributed by atoms with E-state index in [1.807, 2.05) is 63.2 Å². The predicted octanol–water partition coefficient (Wildman–Crippen LogP) is 5.01. The molecule has 2 aromatic carbocycles. The van der Waals surface area contributed by atoms with Gasteiger partial charge in [-0.05, 0) is 56.7 Å². The highest BCUT2D eigenvalue weighted by molar-refractivity contribution is 8.13. The first-order chi connectivity index (χ1) is 15.5. The number of hydrogen-bond donors (Lipinski definition) is 0. The summed E-state index contributed by atoms with van der Waals surface area (Å²) in [6.07, 6.45) is 1.77. The summed E-state index contributed by atoms with van der Waals surface area (Å²) in [6.45, 7) is 6.02. The molecule has 0 aliphatic carbocycles. The van der Waals surface area contributed by atoms with Crippen molar-refractivity contribution in [1.29, 1.82) is 0 Å². The first kappa shape index (κ1) is 20.4. The van der Waals surface area contributed by atoms with Gasteiger partial charge in [-0.25, -0.2) is 4.99 Å². The molecule has 1 aromatic heterocycles. The van der Waals surface area contributed by atoms with Gasteiger partial charge in [0.2, 0.25) is 6.79 Å². The van der Waals surface area contributed by atoms with E-state index < -0.39 is 0 Å². The van der Waals surface area contributed by atoms with Gasteiger partial charge in [0.25, 0.3) is 5.91 Å². The lowest BCUT2D eigenvalue weighted by Gasteiger charge is -2.18. The lowest BCUT2D eigenvalue weighted by atomic mass is 10.1. The number of amides is 1. The zero-order chi connectivity index (χ0) is 22.2. The molecule has 3 heterocycles. The normalized spacial score (nSPS) is 16.2. The Kier molecular flexibility index (Phi) is 5.22. The number of rotatable bonds is 4. The van der Waals surface area contributed by atoms with Crippen LogP contribution in [0.2, 0.25) is 0 Å². The van der Waals surface area contributed by atoms with E-state index in [9.17, 15) is 4.79 Å². The van der Waals surface area contributed by atoms with Crippen molar-refractivity contribution >= 4 is 34.6 Å². The molecule has 0 unspecified atom stereocenters. The van der Waals surface area contributed by atoms with Gasteiger partial charge in [-0.15, -0.1) is 0 Å². The molecule has 32 heavy (non-hydrogen) atoms. The van der Waals surface area contributed by atoms with Gasteiger partial charge in [-0.1, -0.05) is 40.7 Å². The lowest BCUT2D eigenvalue weighted by molar-refractivity contribution is -0.113. The van der Waals surface area contributed by atoms with Gasteiger partial charge in [-0.2, -0.15) is 0 Å². The molecule has 0 saturated heterocycles. The molecule has 2 aliphatic rings. The van der Waals surface area contributed by atoms with Crippen LogP contribution in [0, 0.1) is 20.8 Å². The minimum absolute atomic E-state index is 0.173. The van der Waals surface area contributed by atoms with Crippen molar-refractivity contribution in [2.75, 3.05) is 11.7 Å². The first-order valence-corrected chi connectivity index (χ1v) is 11.1. The van der Waals surface area contributed by atoms with E-state index in [0.29, 0.717) is 28.1 Å². The van der Waals surface area contributed by atoms with Crippen LogP contribution in [0.1, 0.15) is 28.1 Å². The standard InChI is InChI=1S/C24H21N3O4S/c1-14-4-7-18(8-5-14)27-23(28)20(10-17-6-9-21-22(11-17)30-13-29-21)25-24(27)32-12-19-15(2)26-31-16(19)3/h4-11H,12-13H2,1-3H3. The van der Waals surface area contributed by atoms with E-state index in [-0.39, 0.29) is 12.7 Å². The summed E-state index contributed by atoms with van der Waals surface area (Å²) in [5, 5.41) is 4.64. The van der Waals surface area contributed by atoms with E-state index in [2.05, 4.69) is 5.16 Å². The topological polar surface area (TPSA) is 77.2 Å². The molecule has 0 N–H and O–H groups in total. The van der Waals surface area contributed by atoms with E-state index in [0.717, 1.165) is 33.8 Å². The molecule has 2 aliphatic heterocycles. The van der Waals surface area contributed by atoms with Gasteiger partial charge in [0.1, 0.15) is 11.5 Å². The fourth-order valence-electron chi connectivity index (χ4n) is 3.52. The van der Waals surface area contributed by atoms with Crippen molar-refractivity contribution in [3.63, 3.8) is 0 Å². The van der Waals surface area contributed by atoms with Crippen LogP contribution in [0.5, 0.6) is 11.5 Å². The van der Waals surface area contributed by atoms with Gasteiger partial charge in [0, 0.05) is 11.3 Å². The quantitative estimate of drug-likeness (QED) is 0.524. The van der Waals surface area contributed by atoms with Crippen LogP contribution in [0.25, 0.3) is 6.08 Å². The van der Waals surface area contributed by atoms with Crippen LogP contribution < -0.4 is 14.4 Å². The SMILES string of the molecule is Cc1ccc(N2C(=O)C(=Cc3ccc4c(c3)OCO4)N=C2SCc2c(C)noc2C)cc1. The Hall–Kier alpha value is -3.52. The van der Waals surface area contributed by atoms with Gasteiger partial charge in [-0.3, -0.25) is 9.69 Å². The third-order valence-corrected chi connectivity index (χ3v) is 6.31. The van der Waals surface area contributed by atoms with Crippen LogP contribution >= 0.6 is 11.8 Å². The Morgan fingerprint density at radius 3 is 2.59 bits per heavy atom. The molecule has 0 bridgehead atoms. The number of fused-ring (bicyclic) bond motifs is 1. The third-order valence-electron chi connectivity index (χ3n) is 5.35. The Morgan fingerprint density at radius 2 is 1.84 bits per heavy atom. The number of nitrogens with zero attached hydrogens (tertiary/aromatic N) is 3. The van der Waals surface area contributed by atoms with Gasteiger partial charge < -0.3 is 14.0 Å². The number of benzene rings is 2. The van der Waals surface area contributed by atoms with E-state index >= 15 is 0 Å². The number of aromatic nitrogens is 1. The highest BCUT2D eigenvalue weighted by Gasteiger charge is 2.32. The number of aryl methyl sites for hydroxylation is 3. The second-order valence-electron chi connectivity index (χ2n) is 7.60. The maximum Gasteiger partial charge on any atom is 0.283 e. The summed E-state index contributed by atoms with van der Waals surface area (Å²) in [4.78, 5) is 19.7. The zero-order valence-electron chi connectivity index (χ0n) is 17.9. The maximum atomic E-state index is 13.4. The molecule has 0 atom stereocenters. The van der Waals surface area contributed by atoms with Crippen LogP contribution in [0.3, 0.4) is 0 Å². The number of hydrogen-bond acceptors (Lipinski definition) is 7. The lowest BCUT2D eigenvalue weighted by Crippen LogP contribution is -2.30. The summed E-state index contributed by atoms with van der Waals surface area (Å²) in [7, 11) is 0. The summed E-state index contributed by atoms with van der Waals surface area (Å²) >= 11 is 1.48. The van der Waals surface area contributed by atoms with Gasteiger partial charge in [0.05, 0.1) is 11.4 Å². The van der Waals surface area contributed by atoms with Crippen molar-refractivity contribution in [3.05, 3.63) is 76.3 Å². The summed E-state index contributed by atoms with van der Waals surface area (Å²) in [5.74, 6) is 2.57. The Balaban J connectivity index is 1.48. The van der Waals surface area contributed by atoms with Crippen LogP contribution in [0.15, 0.2) is 57.7 Å². The van der Waals surface area contributed by atoms with Crippen LogP contribution in [-0.2, 0) is 10.5 Å². The molecule has 162 valence electrons. The monoisotopic (exact) mass is 447 g/mol. The van der Waals surface area contributed by atoms with Crippen molar-refractivity contribution in [3.8, 4) is 11.5 Å². The molecule has 3 aromatic rings. The average Bonchev–Trinajstić information content (AvgIpc) is 3.46. The fourth-order valence-corrected chi connectivity index (χ4v) is 4.69. The van der Waals surface area contributed by atoms with Crippen LogP contribution in [-0.4, -0.2) is 23.0 Å². The Morgan fingerprint density at radius 1 is 1.06 bits per heavy atom. The number of anilines is 1. The smallest absolute Gasteiger partial charge is 0.283 e. The summed E-state index contributed by atoms with van der Waals surface area (Å²) in [6, 6.07) is 13.4. The molecule has 5 rings (SSSR count). The second kappa shape index (κ2) is 8.20. The van der Waals surface area contributed by atoms with Gasteiger partial charge in [0.15, 0.2) is 16.7 Å². The van der Waals surface area contributed by atoms with Gasteiger partial charge >= 0.3 is 0 Å².